The fraction of sp³-hybridized carbons (Fsp3) is 0.647. The molecule has 104 valence electrons. The van der Waals surface area contributed by atoms with Crippen molar-refractivity contribution in [1.82, 2.24) is 5.32 Å². The molecule has 0 amide bonds. The topological polar surface area (TPSA) is 21.3 Å². The van der Waals surface area contributed by atoms with Crippen LogP contribution in [0.1, 0.15) is 56.2 Å². The van der Waals surface area contributed by atoms with Crippen LogP contribution in [-0.4, -0.2) is 13.2 Å². The number of nitrogens with one attached hydrogen (secondary N) is 1. The highest BCUT2D eigenvalue weighted by atomic mass is 16.5. The van der Waals surface area contributed by atoms with Gasteiger partial charge in [0.15, 0.2) is 0 Å². The van der Waals surface area contributed by atoms with Crippen molar-refractivity contribution in [2.24, 2.45) is 5.92 Å². The van der Waals surface area contributed by atoms with Crippen molar-refractivity contribution >= 4 is 0 Å². The van der Waals surface area contributed by atoms with Gasteiger partial charge in [-0.15, -0.1) is 0 Å². The second-order valence-corrected chi connectivity index (χ2v) is 5.93. The number of hydrogen-bond acceptors (Lipinski definition) is 2. The lowest BCUT2D eigenvalue weighted by molar-refractivity contribution is 0.339. The van der Waals surface area contributed by atoms with Crippen molar-refractivity contribution in [3.8, 4) is 5.75 Å². The fourth-order valence-electron chi connectivity index (χ4n) is 3.66. The van der Waals surface area contributed by atoms with Crippen LogP contribution in [0.15, 0.2) is 18.2 Å². The zero-order valence-corrected chi connectivity index (χ0v) is 12.0. The van der Waals surface area contributed by atoms with E-state index >= 15 is 0 Å². The summed E-state index contributed by atoms with van der Waals surface area (Å²) in [5, 5.41) is 3.68. The third-order valence-electron chi connectivity index (χ3n) is 4.61. The summed E-state index contributed by atoms with van der Waals surface area (Å²) in [5.74, 6) is 2.08. The third-order valence-corrected chi connectivity index (χ3v) is 4.61. The Morgan fingerprint density at radius 1 is 1.32 bits per heavy atom. The van der Waals surface area contributed by atoms with Gasteiger partial charge >= 0.3 is 0 Å². The van der Waals surface area contributed by atoms with Crippen LogP contribution >= 0.6 is 0 Å². The van der Waals surface area contributed by atoms with Gasteiger partial charge < -0.3 is 10.1 Å². The van der Waals surface area contributed by atoms with Crippen LogP contribution in [0.5, 0.6) is 5.75 Å². The van der Waals surface area contributed by atoms with E-state index in [-0.39, 0.29) is 0 Å². The number of para-hydroxylation sites is 1. The quantitative estimate of drug-likeness (QED) is 0.867. The summed E-state index contributed by atoms with van der Waals surface area (Å²) in [5.41, 5.74) is 2.79. The van der Waals surface area contributed by atoms with E-state index in [1.807, 2.05) is 0 Å². The lowest BCUT2D eigenvalue weighted by Crippen LogP contribution is -2.23. The predicted octanol–water partition coefficient (Wildman–Crippen LogP) is 3.85. The van der Waals surface area contributed by atoms with Gasteiger partial charge in [-0.05, 0) is 24.4 Å². The molecule has 0 aromatic heterocycles. The first-order valence-corrected chi connectivity index (χ1v) is 7.86. The Labute approximate surface area is 116 Å². The summed E-state index contributed by atoms with van der Waals surface area (Å²) in [7, 11) is 0. The van der Waals surface area contributed by atoms with Gasteiger partial charge in [0.05, 0.1) is 6.61 Å². The zero-order valence-electron chi connectivity index (χ0n) is 12.0. The lowest BCUT2D eigenvalue weighted by Gasteiger charge is -2.23. The molecule has 1 aromatic rings. The number of rotatable bonds is 5. The smallest absolute Gasteiger partial charge is 0.127 e. The van der Waals surface area contributed by atoms with Crippen molar-refractivity contribution in [3.63, 3.8) is 0 Å². The average Bonchev–Trinajstić information content (AvgIpc) is 3.08. The third kappa shape index (κ3) is 2.79. The number of fused-ring (bicyclic) bond motifs is 1. The van der Waals surface area contributed by atoms with Crippen LogP contribution in [0.25, 0.3) is 0 Å². The van der Waals surface area contributed by atoms with Crippen molar-refractivity contribution < 1.29 is 4.74 Å². The molecule has 2 nitrogen and oxygen atoms in total. The van der Waals surface area contributed by atoms with Gasteiger partial charge in [-0.3, -0.25) is 0 Å². The van der Waals surface area contributed by atoms with E-state index in [0.717, 1.165) is 25.5 Å². The van der Waals surface area contributed by atoms with Crippen LogP contribution in [0, 0.1) is 5.92 Å². The van der Waals surface area contributed by atoms with Crippen molar-refractivity contribution in [1.29, 1.82) is 0 Å². The molecule has 0 bridgehead atoms. The average molecular weight is 259 g/mol. The molecular formula is C17H25NO. The second kappa shape index (κ2) is 5.96. The Morgan fingerprint density at radius 2 is 2.16 bits per heavy atom. The Bertz CT molecular complexity index is 423. The summed E-state index contributed by atoms with van der Waals surface area (Å²) < 4.78 is 5.88. The maximum Gasteiger partial charge on any atom is 0.127 e. The van der Waals surface area contributed by atoms with Crippen LogP contribution in [0.3, 0.4) is 0 Å². The minimum absolute atomic E-state index is 0.473. The minimum Gasteiger partial charge on any atom is -0.493 e. The van der Waals surface area contributed by atoms with E-state index in [4.69, 9.17) is 4.74 Å². The first-order valence-electron chi connectivity index (χ1n) is 7.86. The van der Waals surface area contributed by atoms with E-state index in [1.54, 1.807) is 0 Å². The highest BCUT2D eigenvalue weighted by molar-refractivity contribution is 5.45. The van der Waals surface area contributed by atoms with Crippen molar-refractivity contribution in [2.75, 3.05) is 13.2 Å². The molecule has 1 aliphatic heterocycles. The van der Waals surface area contributed by atoms with Gasteiger partial charge in [-0.1, -0.05) is 50.8 Å². The normalized spacial score (nSPS) is 20.3. The van der Waals surface area contributed by atoms with Crippen molar-refractivity contribution in [3.05, 3.63) is 29.3 Å². The molecule has 1 aliphatic carbocycles. The second-order valence-electron chi connectivity index (χ2n) is 5.93. The predicted molar refractivity (Wildman–Crippen MR) is 78.6 cm³/mol. The van der Waals surface area contributed by atoms with Gasteiger partial charge in [0.25, 0.3) is 0 Å². The van der Waals surface area contributed by atoms with E-state index in [1.165, 1.54) is 49.0 Å². The Balaban J connectivity index is 1.80. The molecule has 3 rings (SSSR count). The van der Waals surface area contributed by atoms with Crippen LogP contribution < -0.4 is 10.1 Å². The molecule has 2 aliphatic rings. The van der Waals surface area contributed by atoms with Crippen LogP contribution in [0.4, 0.5) is 0 Å². The molecule has 2 heteroatoms. The Morgan fingerprint density at radius 3 is 2.95 bits per heavy atom. The number of benzene rings is 1. The first kappa shape index (κ1) is 13.0. The first-order chi connectivity index (χ1) is 9.38. The van der Waals surface area contributed by atoms with Crippen LogP contribution in [-0.2, 0) is 6.42 Å². The Hall–Kier alpha value is -1.02. The largest absolute Gasteiger partial charge is 0.493 e. The molecule has 1 heterocycles. The molecule has 1 fully saturated rings. The highest BCUT2D eigenvalue weighted by Gasteiger charge is 2.25. The van der Waals surface area contributed by atoms with Gasteiger partial charge in [-0.25, -0.2) is 0 Å². The molecule has 1 N–H and O–H groups in total. The summed E-state index contributed by atoms with van der Waals surface area (Å²) in [6.45, 7) is 4.08. The van der Waals surface area contributed by atoms with Gasteiger partial charge in [0.1, 0.15) is 5.75 Å². The van der Waals surface area contributed by atoms with E-state index < -0.39 is 0 Å². The molecule has 1 aromatic carbocycles. The van der Waals surface area contributed by atoms with Crippen molar-refractivity contribution in [2.45, 2.75) is 51.5 Å². The van der Waals surface area contributed by atoms with Gasteiger partial charge in [-0.2, -0.15) is 0 Å². The molecule has 1 unspecified atom stereocenters. The fourth-order valence-corrected chi connectivity index (χ4v) is 3.66. The maximum atomic E-state index is 5.88. The molecule has 19 heavy (non-hydrogen) atoms. The molecule has 0 spiro atoms. The highest BCUT2D eigenvalue weighted by Crippen LogP contribution is 2.38. The summed E-state index contributed by atoms with van der Waals surface area (Å²) in [4.78, 5) is 0. The molecule has 1 saturated carbocycles. The van der Waals surface area contributed by atoms with Gasteiger partial charge in [0.2, 0.25) is 0 Å². The minimum atomic E-state index is 0.473. The summed E-state index contributed by atoms with van der Waals surface area (Å²) in [6.07, 6.45) is 8.02. The van der Waals surface area contributed by atoms with E-state index in [0.29, 0.717) is 6.04 Å². The summed E-state index contributed by atoms with van der Waals surface area (Å²) >= 11 is 0. The Kier molecular flexibility index (Phi) is 4.07. The van der Waals surface area contributed by atoms with Crippen LogP contribution in [0.2, 0.25) is 0 Å². The van der Waals surface area contributed by atoms with Gasteiger partial charge in [0, 0.05) is 18.0 Å². The molecule has 0 radical (unpaired) electrons. The van der Waals surface area contributed by atoms with E-state index in [9.17, 15) is 0 Å². The molecule has 0 saturated heterocycles. The standard InChI is InChI=1S/C17H25NO/c1-2-18-16(12-13-6-3-4-7-13)15-9-5-8-14-10-11-19-17(14)15/h5,8-9,13,16,18H,2-4,6-7,10-12H2,1H3. The molecular weight excluding hydrogens is 234 g/mol. The SMILES string of the molecule is CCNC(CC1CCCC1)c1cccc2c1OCC2. The monoisotopic (exact) mass is 259 g/mol. The number of hydrogen-bond donors (Lipinski definition) is 1. The zero-order chi connectivity index (χ0) is 13.1. The number of ether oxygens (including phenoxy) is 1. The maximum absolute atomic E-state index is 5.88. The molecule has 1 atom stereocenters. The lowest BCUT2D eigenvalue weighted by atomic mass is 9.92. The van der Waals surface area contributed by atoms with E-state index in [2.05, 4.69) is 30.4 Å². The summed E-state index contributed by atoms with van der Waals surface area (Å²) in [6, 6.07) is 7.14.